The summed E-state index contributed by atoms with van der Waals surface area (Å²) < 4.78 is 0.505. The summed E-state index contributed by atoms with van der Waals surface area (Å²) in [6.07, 6.45) is 7.80. The third-order valence-electron chi connectivity index (χ3n) is 3.37. The number of hydrogen-bond acceptors (Lipinski definition) is 4. The maximum atomic E-state index is 4.47. The van der Waals surface area contributed by atoms with Crippen LogP contribution in [0.15, 0.2) is 5.38 Å². The van der Waals surface area contributed by atoms with Crippen molar-refractivity contribution in [2.45, 2.75) is 43.9 Å². The Labute approximate surface area is 106 Å². The van der Waals surface area contributed by atoms with Crippen LogP contribution in [-0.4, -0.2) is 22.5 Å². The van der Waals surface area contributed by atoms with Gasteiger partial charge in [0.15, 0.2) is 0 Å². The van der Waals surface area contributed by atoms with Crippen LogP contribution in [0.2, 0.25) is 0 Å². The first-order valence-electron chi connectivity index (χ1n) is 5.91. The van der Waals surface area contributed by atoms with Crippen molar-refractivity contribution >= 4 is 23.1 Å². The Bertz CT molecular complexity index is 330. The molecule has 1 aliphatic carbocycles. The van der Waals surface area contributed by atoms with E-state index in [1.807, 2.05) is 11.8 Å². The first-order valence-corrected chi connectivity index (χ1v) is 8.01. The Morgan fingerprint density at radius 3 is 2.81 bits per heavy atom. The lowest BCUT2D eigenvalue weighted by Crippen LogP contribution is -2.34. The molecule has 0 aromatic carbocycles. The fourth-order valence-corrected chi connectivity index (χ4v) is 3.94. The Morgan fingerprint density at radius 1 is 1.50 bits per heavy atom. The van der Waals surface area contributed by atoms with E-state index in [1.54, 1.807) is 11.3 Å². The molecule has 0 amide bonds. The van der Waals surface area contributed by atoms with Crippen LogP contribution < -0.4 is 5.32 Å². The molecule has 16 heavy (non-hydrogen) atoms. The summed E-state index contributed by atoms with van der Waals surface area (Å²) >= 11 is 3.78. The number of hydrogen-bond donors (Lipinski definition) is 1. The minimum Gasteiger partial charge on any atom is -0.310 e. The van der Waals surface area contributed by atoms with E-state index < -0.39 is 0 Å². The molecule has 1 aliphatic rings. The van der Waals surface area contributed by atoms with Gasteiger partial charge >= 0.3 is 0 Å². The number of thioether (sulfide) groups is 1. The van der Waals surface area contributed by atoms with Gasteiger partial charge in [0.2, 0.25) is 0 Å². The lowest BCUT2D eigenvalue weighted by molar-refractivity contribution is 0.531. The van der Waals surface area contributed by atoms with Crippen molar-refractivity contribution < 1.29 is 0 Å². The first-order chi connectivity index (χ1) is 7.74. The molecule has 4 heteroatoms. The summed E-state index contributed by atoms with van der Waals surface area (Å²) in [6, 6.07) is 0. The monoisotopic (exact) mass is 256 g/mol. The van der Waals surface area contributed by atoms with E-state index in [2.05, 4.69) is 28.9 Å². The number of thiazole rings is 1. The summed E-state index contributed by atoms with van der Waals surface area (Å²) in [6.45, 7) is 4.12. The molecule has 1 aromatic heterocycles. The Morgan fingerprint density at radius 2 is 2.25 bits per heavy atom. The highest BCUT2D eigenvalue weighted by Gasteiger charge is 2.32. The van der Waals surface area contributed by atoms with Gasteiger partial charge in [-0.1, -0.05) is 12.8 Å². The van der Waals surface area contributed by atoms with Gasteiger partial charge in [-0.25, -0.2) is 4.98 Å². The molecule has 2 nitrogen and oxygen atoms in total. The van der Waals surface area contributed by atoms with Gasteiger partial charge in [-0.3, -0.25) is 0 Å². The van der Waals surface area contributed by atoms with E-state index in [-0.39, 0.29) is 0 Å². The topological polar surface area (TPSA) is 24.9 Å². The van der Waals surface area contributed by atoms with E-state index in [0.717, 1.165) is 18.1 Å². The second-order valence-electron chi connectivity index (χ2n) is 4.56. The van der Waals surface area contributed by atoms with Gasteiger partial charge in [-0.15, -0.1) is 11.3 Å². The molecule has 0 bridgehead atoms. The fraction of sp³-hybridized carbons (Fsp3) is 0.750. The number of aryl methyl sites for hydroxylation is 1. The highest BCUT2D eigenvalue weighted by atomic mass is 32.2. The molecular weight excluding hydrogens is 236 g/mol. The van der Waals surface area contributed by atoms with Crippen molar-refractivity contribution in [1.29, 1.82) is 0 Å². The number of nitrogens with one attached hydrogen (secondary N) is 1. The summed E-state index contributed by atoms with van der Waals surface area (Å²) in [5, 5.41) is 6.89. The predicted octanol–water partition coefficient (Wildman–Crippen LogP) is 3.22. The smallest absolute Gasteiger partial charge is 0.0897 e. The Kier molecular flexibility index (Phi) is 4.27. The molecule has 1 aromatic rings. The SMILES string of the molecule is CSC1(CNCc2csc(C)n2)CCCC1. The third-order valence-corrected chi connectivity index (χ3v) is 5.61. The van der Waals surface area contributed by atoms with E-state index in [1.165, 1.54) is 31.4 Å². The van der Waals surface area contributed by atoms with Crippen molar-refractivity contribution in [3.05, 3.63) is 16.1 Å². The zero-order valence-corrected chi connectivity index (χ0v) is 11.7. The average Bonchev–Trinajstić information content (AvgIpc) is 2.89. The van der Waals surface area contributed by atoms with Gasteiger partial charge < -0.3 is 5.32 Å². The van der Waals surface area contributed by atoms with Gasteiger partial charge in [0, 0.05) is 23.2 Å². The molecule has 2 rings (SSSR count). The zero-order valence-electron chi connectivity index (χ0n) is 10.1. The van der Waals surface area contributed by atoms with Crippen molar-refractivity contribution in [3.8, 4) is 0 Å². The van der Waals surface area contributed by atoms with E-state index in [9.17, 15) is 0 Å². The van der Waals surface area contributed by atoms with Gasteiger partial charge in [-0.2, -0.15) is 11.8 Å². The van der Waals surface area contributed by atoms with Crippen LogP contribution in [0.3, 0.4) is 0 Å². The van der Waals surface area contributed by atoms with Gasteiger partial charge in [0.05, 0.1) is 10.7 Å². The van der Waals surface area contributed by atoms with Gasteiger partial charge in [0.1, 0.15) is 0 Å². The third kappa shape index (κ3) is 2.99. The van der Waals surface area contributed by atoms with Crippen molar-refractivity contribution in [2.75, 3.05) is 12.8 Å². The molecule has 0 spiro atoms. The Balaban J connectivity index is 1.78. The molecule has 0 unspecified atom stereocenters. The van der Waals surface area contributed by atoms with Crippen LogP contribution in [0, 0.1) is 6.92 Å². The van der Waals surface area contributed by atoms with E-state index in [0.29, 0.717) is 4.75 Å². The standard InChI is InChI=1S/C12H20N2S2/c1-10-14-11(8-16-10)7-13-9-12(15-2)5-3-4-6-12/h8,13H,3-7,9H2,1-2H3. The van der Waals surface area contributed by atoms with Crippen LogP contribution in [0.1, 0.15) is 36.4 Å². The molecule has 1 N–H and O–H groups in total. The molecule has 1 heterocycles. The fourth-order valence-electron chi connectivity index (χ4n) is 2.38. The van der Waals surface area contributed by atoms with Crippen LogP contribution >= 0.6 is 23.1 Å². The van der Waals surface area contributed by atoms with E-state index in [4.69, 9.17) is 0 Å². The van der Waals surface area contributed by atoms with E-state index >= 15 is 0 Å². The number of rotatable bonds is 5. The normalized spacial score (nSPS) is 19.1. The largest absolute Gasteiger partial charge is 0.310 e. The minimum atomic E-state index is 0.505. The second-order valence-corrected chi connectivity index (χ2v) is 6.89. The molecule has 1 saturated carbocycles. The molecule has 0 radical (unpaired) electrons. The van der Waals surface area contributed by atoms with Crippen LogP contribution in [0.25, 0.3) is 0 Å². The average molecular weight is 256 g/mol. The summed E-state index contributed by atoms with van der Waals surface area (Å²) in [5.74, 6) is 0. The zero-order chi connectivity index (χ0) is 11.4. The van der Waals surface area contributed by atoms with Gasteiger partial charge in [0.25, 0.3) is 0 Å². The van der Waals surface area contributed by atoms with Crippen molar-refractivity contribution in [1.82, 2.24) is 10.3 Å². The highest BCUT2D eigenvalue weighted by molar-refractivity contribution is 8.00. The highest BCUT2D eigenvalue weighted by Crippen LogP contribution is 2.39. The summed E-state index contributed by atoms with van der Waals surface area (Å²) in [4.78, 5) is 4.47. The minimum absolute atomic E-state index is 0.505. The Hall–Kier alpha value is -0.0600. The summed E-state index contributed by atoms with van der Waals surface area (Å²) in [5.41, 5.74) is 1.19. The number of aromatic nitrogens is 1. The molecule has 0 aliphatic heterocycles. The molecule has 0 saturated heterocycles. The second kappa shape index (κ2) is 5.52. The van der Waals surface area contributed by atoms with Crippen LogP contribution in [0.5, 0.6) is 0 Å². The van der Waals surface area contributed by atoms with Crippen molar-refractivity contribution in [3.63, 3.8) is 0 Å². The lowest BCUT2D eigenvalue weighted by Gasteiger charge is -2.26. The van der Waals surface area contributed by atoms with Crippen molar-refractivity contribution in [2.24, 2.45) is 0 Å². The number of nitrogens with zero attached hydrogens (tertiary/aromatic N) is 1. The van der Waals surface area contributed by atoms with Crippen LogP contribution in [-0.2, 0) is 6.54 Å². The lowest BCUT2D eigenvalue weighted by atomic mass is 10.1. The quantitative estimate of drug-likeness (QED) is 0.875. The summed E-state index contributed by atoms with van der Waals surface area (Å²) in [7, 11) is 0. The molecule has 0 atom stereocenters. The molecule has 1 fully saturated rings. The van der Waals surface area contributed by atoms with Crippen LogP contribution in [0.4, 0.5) is 0 Å². The predicted molar refractivity (Wildman–Crippen MR) is 73.3 cm³/mol. The first kappa shape index (κ1) is 12.4. The maximum Gasteiger partial charge on any atom is 0.0897 e. The molecular formula is C12H20N2S2. The molecule has 90 valence electrons. The maximum absolute atomic E-state index is 4.47. The van der Waals surface area contributed by atoms with Gasteiger partial charge in [-0.05, 0) is 26.0 Å².